The zero-order valence-electron chi connectivity index (χ0n) is 14.5. The normalized spacial score (nSPS) is 10.0. The topological polar surface area (TPSA) is 95.3 Å². The van der Waals surface area contributed by atoms with Crippen molar-refractivity contribution >= 4 is 18.0 Å². The zero-order chi connectivity index (χ0) is 18.4. The minimum absolute atomic E-state index is 0.279. The van der Waals surface area contributed by atoms with E-state index in [0.29, 0.717) is 23.7 Å². The average Bonchev–Trinajstić information content (AvgIpc) is 2.58. The highest BCUT2D eigenvalue weighted by atomic mass is 16.5. The van der Waals surface area contributed by atoms with E-state index in [-0.39, 0.29) is 5.84 Å². The molecule has 3 N–H and O–H groups in total. The highest BCUT2D eigenvalue weighted by Gasteiger charge is 2.12. The van der Waals surface area contributed by atoms with Crippen LogP contribution >= 0.6 is 0 Å². The third-order valence-electron chi connectivity index (χ3n) is 3.49. The molecule has 0 atom stereocenters. The van der Waals surface area contributed by atoms with E-state index < -0.39 is 5.91 Å². The molecule has 25 heavy (non-hydrogen) atoms. The first-order valence-corrected chi connectivity index (χ1v) is 7.71. The number of aryl methyl sites for hydroxylation is 2. The van der Waals surface area contributed by atoms with E-state index in [1.54, 1.807) is 18.2 Å². The summed E-state index contributed by atoms with van der Waals surface area (Å²) in [6.45, 7) is 4.40. The lowest BCUT2D eigenvalue weighted by Gasteiger charge is -2.13. The molecular weight excluding hydrogens is 318 g/mol. The molecule has 0 heterocycles. The van der Waals surface area contributed by atoms with Gasteiger partial charge in [0.05, 0.1) is 13.3 Å². The Morgan fingerprint density at radius 1 is 1.12 bits per heavy atom. The molecule has 0 aromatic heterocycles. The summed E-state index contributed by atoms with van der Waals surface area (Å²) in [6.07, 6.45) is 0.763. The molecule has 6 nitrogen and oxygen atoms in total. The predicted octanol–water partition coefficient (Wildman–Crippen LogP) is 3.25. The summed E-state index contributed by atoms with van der Waals surface area (Å²) >= 11 is 0. The molecule has 0 fully saturated rings. The molecule has 6 heteroatoms. The maximum Gasteiger partial charge on any atom is 0.256 e. The van der Waals surface area contributed by atoms with Gasteiger partial charge in [0.15, 0.2) is 11.5 Å². The molecule has 2 aromatic rings. The van der Waals surface area contributed by atoms with E-state index in [1.807, 2.05) is 26.0 Å². The van der Waals surface area contributed by atoms with Crippen LogP contribution in [0.15, 0.2) is 36.4 Å². The van der Waals surface area contributed by atoms with Crippen LogP contribution in [0.1, 0.15) is 27.0 Å². The lowest BCUT2D eigenvalue weighted by atomic mass is 10.1. The number of amides is 1. The second kappa shape index (κ2) is 8.10. The summed E-state index contributed by atoms with van der Waals surface area (Å²) in [5.41, 5.74) is 3.66. The monoisotopic (exact) mass is 339 g/mol. The zero-order valence-corrected chi connectivity index (χ0v) is 14.5. The molecule has 0 unspecified atom stereocenters. The van der Waals surface area contributed by atoms with Crippen LogP contribution in [0.4, 0.5) is 0 Å². The number of nitrogens with one attached hydrogen (secondary N) is 3. The second-order valence-electron chi connectivity index (χ2n) is 5.66. The Balaban J connectivity index is 2.20. The standard InChI is InChI=1S/C19H21N3O3/c1-12-6-13(2)8-14(7-12)11-25-17-9-15(4-5-16(17)24-3)19(23)22-18(21)10-20/h4-10,20H,11H2,1-3H3,(H2,21,22,23). The van der Waals surface area contributed by atoms with Gasteiger partial charge in [0.1, 0.15) is 12.4 Å². The van der Waals surface area contributed by atoms with Gasteiger partial charge in [-0.25, -0.2) is 0 Å². The summed E-state index contributed by atoms with van der Waals surface area (Å²) < 4.78 is 11.1. The number of hydrogen-bond donors (Lipinski definition) is 3. The lowest BCUT2D eigenvalue weighted by molar-refractivity contribution is 0.0977. The van der Waals surface area contributed by atoms with Crippen molar-refractivity contribution in [1.29, 1.82) is 10.8 Å². The Morgan fingerprint density at radius 2 is 1.80 bits per heavy atom. The van der Waals surface area contributed by atoms with Gasteiger partial charge in [-0.15, -0.1) is 0 Å². The molecule has 0 bridgehead atoms. The van der Waals surface area contributed by atoms with Gasteiger partial charge in [-0.2, -0.15) is 0 Å². The Kier molecular flexibility index (Phi) is 5.89. The van der Waals surface area contributed by atoms with Crippen molar-refractivity contribution in [2.45, 2.75) is 20.5 Å². The van der Waals surface area contributed by atoms with Crippen molar-refractivity contribution in [2.24, 2.45) is 0 Å². The Hall–Kier alpha value is -3.15. The molecule has 0 radical (unpaired) electrons. The number of rotatable bonds is 6. The van der Waals surface area contributed by atoms with Crippen LogP contribution in [0.5, 0.6) is 11.5 Å². The minimum Gasteiger partial charge on any atom is -0.493 e. The fraction of sp³-hybridized carbons (Fsp3) is 0.211. The third kappa shape index (κ3) is 4.91. The van der Waals surface area contributed by atoms with E-state index in [2.05, 4.69) is 11.4 Å². The maximum absolute atomic E-state index is 12.1. The number of carbonyl (C=O) groups is 1. The largest absolute Gasteiger partial charge is 0.493 e. The summed E-state index contributed by atoms with van der Waals surface area (Å²) in [5, 5.41) is 16.6. The fourth-order valence-corrected chi connectivity index (χ4v) is 2.47. The molecular formula is C19H21N3O3. The van der Waals surface area contributed by atoms with Gasteiger partial charge in [0, 0.05) is 5.56 Å². The fourth-order valence-electron chi connectivity index (χ4n) is 2.47. The first-order chi connectivity index (χ1) is 11.9. The van der Waals surface area contributed by atoms with Gasteiger partial charge in [-0.3, -0.25) is 10.2 Å². The van der Waals surface area contributed by atoms with E-state index in [0.717, 1.165) is 22.9 Å². The average molecular weight is 339 g/mol. The second-order valence-corrected chi connectivity index (χ2v) is 5.66. The van der Waals surface area contributed by atoms with Crippen LogP contribution < -0.4 is 14.8 Å². The molecule has 1 amide bonds. The van der Waals surface area contributed by atoms with Crippen LogP contribution in [0, 0.1) is 24.7 Å². The van der Waals surface area contributed by atoms with Crippen molar-refractivity contribution in [3.63, 3.8) is 0 Å². The number of hydrogen-bond acceptors (Lipinski definition) is 5. The molecule has 0 spiro atoms. The number of ether oxygens (including phenoxy) is 2. The first kappa shape index (κ1) is 18.2. The first-order valence-electron chi connectivity index (χ1n) is 7.71. The SMILES string of the molecule is COc1ccc(C(=O)NC(=N)C=N)cc1OCc1cc(C)cc(C)c1. The molecule has 0 aliphatic rings. The van der Waals surface area contributed by atoms with Gasteiger partial charge < -0.3 is 20.2 Å². The van der Waals surface area contributed by atoms with E-state index >= 15 is 0 Å². The Morgan fingerprint density at radius 3 is 2.40 bits per heavy atom. The molecule has 2 rings (SSSR count). The van der Waals surface area contributed by atoms with Gasteiger partial charge in [0.25, 0.3) is 5.91 Å². The Bertz CT molecular complexity index is 795. The van der Waals surface area contributed by atoms with Crippen LogP contribution in [0.25, 0.3) is 0 Å². The van der Waals surface area contributed by atoms with Gasteiger partial charge in [0.2, 0.25) is 0 Å². The molecule has 2 aromatic carbocycles. The molecule has 0 aliphatic carbocycles. The summed E-state index contributed by atoms with van der Waals surface area (Å²) in [5.74, 6) is 0.199. The van der Waals surface area contributed by atoms with Crippen LogP contribution in [0.3, 0.4) is 0 Å². The van der Waals surface area contributed by atoms with Crippen LogP contribution in [0.2, 0.25) is 0 Å². The predicted molar refractivity (Wildman–Crippen MR) is 97.2 cm³/mol. The maximum atomic E-state index is 12.1. The molecule has 0 aliphatic heterocycles. The van der Waals surface area contributed by atoms with Crippen molar-refractivity contribution in [3.8, 4) is 11.5 Å². The molecule has 130 valence electrons. The molecule has 0 saturated carbocycles. The Labute approximate surface area is 146 Å². The number of methoxy groups -OCH3 is 1. The quantitative estimate of drug-likeness (QED) is 0.557. The summed E-state index contributed by atoms with van der Waals surface area (Å²) in [6, 6.07) is 11.0. The van der Waals surface area contributed by atoms with Gasteiger partial charge >= 0.3 is 0 Å². The highest BCUT2D eigenvalue weighted by Crippen LogP contribution is 2.29. The van der Waals surface area contributed by atoms with Crippen LogP contribution in [-0.4, -0.2) is 25.1 Å². The number of benzene rings is 2. The number of amidine groups is 1. The van der Waals surface area contributed by atoms with Gasteiger partial charge in [-0.05, 0) is 37.6 Å². The van der Waals surface area contributed by atoms with Crippen molar-refractivity contribution < 1.29 is 14.3 Å². The van der Waals surface area contributed by atoms with Crippen molar-refractivity contribution in [1.82, 2.24) is 5.32 Å². The smallest absolute Gasteiger partial charge is 0.256 e. The summed E-state index contributed by atoms with van der Waals surface area (Å²) in [7, 11) is 1.53. The van der Waals surface area contributed by atoms with E-state index in [1.165, 1.54) is 7.11 Å². The minimum atomic E-state index is -0.479. The number of carbonyl (C=O) groups excluding carboxylic acids is 1. The highest BCUT2D eigenvalue weighted by molar-refractivity contribution is 6.31. The van der Waals surface area contributed by atoms with Crippen LogP contribution in [-0.2, 0) is 6.61 Å². The van der Waals surface area contributed by atoms with Crippen molar-refractivity contribution in [3.05, 3.63) is 58.7 Å². The summed E-state index contributed by atoms with van der Waals surface area (Å²) in [4.78, 5) is 12.1. The van der Waals surface area contributed by atoms with E-state index in [4.69, 9.17) is 20.3 Å². The van der Waals surface area contributed by atoms with Crippen molar-refractivity contribution in [2.75, 3.05) is 7.11 Å². The molecule has 0 saturated heterocycles. The van der Waals surface area contributed by atoms with E-state index in [9.17, 15) is 4.79 Å². The van der Waals surface area contributed by atoms with Gasteiger partial charge in [-0.1, -0.05) is 29.3 Å². The third-order valence-corrected chi connectivity index (χ3v) is 3.49. The lowest BCUT2D eigenvalue weighted by Crippen LogP contribution is -2.30.